The average molecular weight is 320 g/mol. The smallest absolute Gasteiger partial charge is 0.264 e. The van der Waals surface area contributed by atoms with Gasteiger partial charge < -0.3 is 5.73 Å². The first kappa shape index (κ1) is 17.4. The minimum absolute atomic E-state index is 0.0898. The molecule has 0 aromatic heterocycles. The normalized spacial score (nSPS) is 12.1. The van der Waals surface area contributed by atoms with Crippen LogP contribution in [0.1, 0.15) is 27.6 Å². The van der Waals surface area contributed by atoms with Gasteiger partial charge in [-0.25, -0.2) is 13.1 Å². The fourth-order valence-electron chi connectivity index (χ4n) is 1.54. The van der Waals surface area contributed by atoms with Crippen LogP contribution in [-0.2, 0) is 10.0 Å². The number of allylic oxidation sites excluding steroid dienone is 4. The zero-order valence-electron chi connectivity index (χ0n) is 11.9. The Bertz CT molecular complexity index is 744. The van der Waals surface area contributed by atoms with E-state index in [1.807, 2.05) is 4.72 Å². The number of hydrogen-bond donors (Lipinski definition) is 2. The minimum Gasteiger partial charge on any atom is -0.366 e. The third-order valence-corrected chi connectivity index (χ3v) is 3.93. The number of benzene rings is 1. The van der Waals surface area contributed by atoms with Crippen LogP contribution in [0.5, 0.6) is 0 Å². The van der Waals surface area contributed by atoms with Crippen molar-refractivity contribution in [3.8, 4) is 0 Å². The molecule has 0 atom stereocenters. The summed E-state index contributed by atoms with van der Waals surface area (Å²) in [5, 5.41) is 0. The summed E-state index contributed by atoms with van der Waals surface area (Å²) in [4.78, 5) is 22.8. The van der Waals surface area contributed by atoms with Crippen molar-refractivity contribution in [2.45, 2.75) is 6.92 Å². The van der Waals surface area contributed by atoms with Gasteiger partial charge in [-0.2, -0.15) is 0 Å². The lowest BCUT2D eigenvalue weighted by atomic mass is 10.1. The van der Waals surface area contributed by atoms with Crippen molar-refractivity contribution in [1.29, 1.82) is 0 Å². The first-order valence-corrected chi connectivity index (χ1v) is 7.72. The van der Waals surface area contributed by atoms with E-state index in [-0.39, 0.29) is 16.0 Å². The van der Waals surface area contributed by atoms with Crippen LogP contribution in [0.3, 0.4) is 0 Å². The molecular weight excluding hydrogens is 304 g/mol. The number of hydrogen-bond acceptors (Lipinski definition) is 4. The highest BCUT2D eigenvalue weighted by atomic mass is 32.2. The Balaban J connectivity index is 3.02. The summed E-state index contributed by atoms with van der Waals surface area (Å²) in [5.74, 6) is -1.45. The Labute approximate surface area is 129 Å². The molecule has 0 spiro atoms. The van der Waals surface area contributed by atoms with E-state index < -0.39 is 21.8 Å². The topological polar surface area (TPSA) is 106 Å². The number of rotatable bonds is 6. The summed E-state index contributed by atoms with van der Waals surface area (Å²) in [5.41, 5.74) is 5.40. The van der Waals surface area contributed by atoms with E-state index in [0.717, 1.165) is 0 Å². The zero-order chi connectivity index (χ0) is 16.8. The average Bonchev–Trinajstić information content (AvgIpc) is 2.46. The highest BCUT2D eigenvalue weighted by Crippen LogP contribution is 2.10. The number of carbonyl (C=O) groups is 2. The lowest BCUT2D eigenvalue weighted by molar-refractivity contribution is 0.0975. The zero-order valence-corrected chi connectivity index (χ0v) is 12.8. The Hall–Kier alpha value is -2.67. The van der Waals surface area contributed by atoms with Gasteiger partial charge in [-0.05, 0) is 43.3 Å². The third-order valence-electron chi connectivity index (χ3n) is 2.58. The second-order valence-corrected chi connectivity index (χ2v) is 5.86. The molecule has 116 valence electrons. The maximum atomic E-state index is 12.1. The number of nitrogens with one attached hydrogen (secondary N) is 1. The molecule has 0 saturated heterocycles. The molecule has 2 amide bonds. The van der Waals surface area contributed by atoms with Crippen LogP contribution in [0.25, 0.3) is 0 Å². The molecule has 7 heteroatoms. The van der Waals surface area contributed by atoms with E-state index in [1.165, 1.54) is 48.6 Å². The molecule has 0 radical (unpaired) electrons. The summed E-state index contributed by atoms with van der Waals surface area (Å²) in [7, 11) is -4.01. The van der Waals surface area contributed by atoms with Crippen LogP contribution in [0.2, 0.25) is 0 Å². The molecular formula is C15H16N2O4S. The van der Waals surface area contributed by atoms with Crippen molar-refractivity contribution in [3.05, 3.63) is 71.2 Å². The lowest BCUT2D eigenvalue weighted by Crippen LogP contribution is -2.31. The van der Waals surface area contributed by atoms with Crippen molar-refractivity contribution in [1.82, 2.24) is 4.72 Å². The highest BCUT2D eigenvalue weighted by molar-refractivity contribution is 7.94. The fraction of sp³-hybridized carbons (Fsp3) is 0.0667. The fourth-order valence-corrected chi connectivity index (χ4v) is 2.61. The number of primary amides is 1. The molecule has 0 saturated carbocycles. The number of carbonyl (C=O) groups excluding carboxylic acids is 2. The van der Waals surface area contributed by atoms with E-state index in [2.05, 4.69) is 6.58 Å². The summed E-state index contributed by atoms with van der Waals surface area (Å²) < 4.78 is 26.1. The first-order valence-electron chi connectivity index (χ1n) is 6.24. The van der Waals surface area contributed by atoms with Crippen molar-refractivity contribution >= 4 is 21.8 Å². The summed E-state index contributed by atoms with van der Waals surface area (Å²) in [6.07, 6.45) is 5.45. The van der Waals surface area contributed by atoms with Gasteiger partial charge in [0.25, 0.3) is 15.9 Å². The first-order chi connectivity index (χ1) is 10.3. The Kier molecular flexibility index (Phi) is 5.82. The monoisotopic (exact) mass is 320 g/mol. The van der Waals surface area contributed by atoms with E-state index in [4.69, 9.17) is 5.73 Å². The van der Waals surface area contributed by atoms with Crippen molar-refractivity contribution < 1.29 is 18.0 Å². The molecule has 1 aromatic carbocycles. The van der Waals surface area contributed by atoms with Crippen LogP contribution in [0, 0.1) is 0 Å². The third kappa shape index (κ3) is 4.42. The SMILES string of the molecule is C=C/C=C(\C=C/C)S(=O)(=O)NC(=O)c1ccc(C(N)=O)cc1. The summed E-state index contributed by atoms with van der Waals surface area (Å²) >= 11 is 0. The maximum absolute atomic E-state index is 12.1. The number of nitrogens with two attached hydrogens (primary N) is 1. The van der Waals surface area contributed by atoms with E-state index in [9.17, 15) is 18.0 Å². The van der Waals surface area contributed by atoms with Gasteiger partial charge in [0.2, 0.25) is 5.91 Å². The summed E-state index contributed by atoms with van der Waals surface area (Å²) in [6.45, 7) is 5.08. The van der Waals surface area contributed by atoms with Gasteiger partial charge in [0.15, 0.2) is 0 Å². The predicted molar refractivity (Wildman–Crippen MR) is 84.4 cm³/mol. The lowest BCUT2D eigenvalue weighted by Gasteiger charge is -2.07. The second kappa shape index (κ2) is 7.37. The van der Waals surface area contributed by atoms with Crippen molar-refractivity contribution in [3.63, 3.8) is 0 Å². The van der Waals surface area contributed by atoms with E-state index >= 15 is 0 Å². The Morgan fingerprint density at radius 1 is 1.18 bits per heavy atom. The van der Waals surface area contributed by atoms with Crippen molar-refractivity contribution in [2.24, 2.45) is 5.73 Å². The molecule has 0 unspecified atom stereocenters. The summed E-state index contributed by atoms with van der Waals surface area (Å²) in [6, 6.07) is 5.32. The number of sulfonamides is 1. The van der Waals surface area contributed by atoms with Crippen LogP contribution >= 0.6 is 0 Å². The van der Waals surface area contributed by atoms with Gasteiger partial charge in [0.1, 0.15) is 0 Å². The molecule has 1 aromatic rings. The molecule has 0 heterocycles. The van der Waals surface area contributed by atoms with Crippen LogP contribution in [0.4, 0.5) is 0 Å². The van der Waals surface area contributed by atoms with Crippen LogP contribution < -0.4 is 10.5 Å². The predicted octanol–water partition coefficient (Wildman–Crippen LogP) is 1.49. The molecule has 1 rings (SSSR count). The minimum atomic E-state index is -4.01. The van der Waals surface area contributed by atoms with Gasteiger partial charge in [0, 0.05) is 11.1 Å². The van der Waals surface area contributed by atoms with Gasteiger partial charge >= 0.3 is 0 Å². The molecule has 0 aliphatic rings. The number of amides is 2. The molecule has 0 aliphatic carbocycles. The van der Waals surface area contributed by atoms with E-state index in [0.29, 0.717) is 0 Å². The molecule has 22 heavy (non-hydrogen) atoms. The van der Waals surface area contributed by atoms with Gasteiger partial charge in [-0.15, -0.1) is 0 Å². The molecule has 0 fully saturated rings. The standard InChI is InChI=1S/C15H16N2O4S/c1-3-5-13(6-4-2)22(20,21)17-15(19)12-9-7-11(8-10-12)14(16)18/h3-10H,1H2,2H3,(H2,16,18)(H,17,19)/b6-4-,13-5+. The Morgan fingerprint density at radius 2 is 1.73 bits per heavy atom. The molecule has 0 bridgehead atoms. The quantitative estimate of drug-likeness (QED) is 0.774. The Morgan fingerprint density at radius 3 is 2.18 bits per heavy atom. The van der Waals surface area contributed by atoms with Crippen LogP contribution in [0.15, 0.2) is 60.1 Å². The molecule has 6 nitrogen and oxygen atoms in total. The van der Waals surface area contributed by atoms with E-state index in [1.54, 1.807) is 6.92 Å². The maximum Gasteiger partial charge on any atom is 0.264 e. The van der Waals surface area contributed by atoms with Crippen LogP contribution in [-0.4, -0.2) is 20.2 Å². The molecule has 0 aliphatic heterocycles. The van der Waals surface area contributed by atoms with Crippen molar-refractivity contribution in [2.75, 3.05) is 0 Å². The second-order valence-electron chi connectivity index (χ2n) is 4.18. The van der Waals surface area contributed by atoms with Gasteiger partial charge in [0.05, 0.1) is 4.91 Å². The highest BCUT2D eigenvalue weighted by Gasteiger charge is 2.19. The van der Waals surface area contributed by atoms with Gasteiger partial charge in [-0.3, -0.25) is 9.59 Å². The van der Waals surface area contributed by atoms with Gasteiger partial charge in [-0.1, -0.05) is 18.7 Å². The largest absolute Gasteiger partial charge is 0.366 e. The molecule has 3 N–H and O–H groups in total.